The summed E-state index contributed by atoms with van der Waals surface area (Å²) in [5.41, 5.74) is 1.12. The number of hydrogen-bond donors (Lipinski definition) is 0. The van der Waals surface area contributed by atoms with Crippen LogP contribution in [0.5, 0.6) is 0 Å². The van der Waals surface area contributed by atoms with Gasteiger partial charge in [-0.1, -0.05) is 6.07 Å². The van der Waals surface area contributed by atoms with Crippen LogP contribution in [-0.2, 0) is 16.0 Å². The SMILES string of the molecule is CC(C)N(C)C[C@@H]1CC[C@]2(COCCN(Cc3cccnc3)C2)O1. The second-order valence-electron chi connectivity index (χ2n) is 7.62. The third-order valence-electron chi connectivity index (χ3n) is 5.27. The van der Waals surface area contributed by atoms with E-state index in [1.165, 1.54) is 5.56 Å². The van der Waals surface area contributed by atoms with Crippen molar-refractivity contribution in [2.45, 2.75) is 51.0 Å². The molecule has 134 valence electrons. The third kappa shape index (κ3) is 4.54. The van der Waals surface area contributed by atoms with Crippen LogP contribution in [0.15, 0.2) is 24.5 Å². The predicted octanol–water partition coefficient (Wildman–Crippen LogP) is 2.17. The first-order chi connectivity index (χ1) is 11.6. The minimum atomic E-state index is -0.138. The zero-order valence-corrected chi connectivity index (χ0v) is 15.3. The zero-order chi connectivity index (χ0) is 17.0. The van der Waals surface area contributed by atoms with Gasteiger partial charge in [-0.25, -0.2) is 0 Å². The van der Waals surface area contributed by atoms with Gasteiger partial charge in [-0.3, -0.25) is 9.88 Å². The summed E-state index contributed by atoms with van der Waals surface area (Å²) in [7, 11) is 2.18. The molecule has 2 aliphatic heterocycles. The summed E-state index contributed by atoms with van der Waals surface area (Å²) in [4.78, 5) is 9.06. The van der Waals surface area contributed by atoms with E-state index in [2.05, 4.69) is 41.7 Å². The molecule has 0 radical (unpaired) electrons. The molecule has 1 aromatic rings. The second-order valence-corrected chi connectivity index (χ2v) is 7.62. The van der Waals surface area contributed by atoms with Gasteiger partial charge in [0.05, 0.1) is 19.3 Å². The molecular formula is C19H31N3O2. The van der Waals surface area contributed by atoms with E-state index in [1.54, 1.807) is 0 Å². The van der Waals surface area contributed by atoms with Crippen LogP contribution >= 0.6 is 0 Å². The maximum atomic E-state index is 6.53. The highest BCUT2D eigenvalue weighted by molar-refractivity contribution is 5.08. The van der Waals surface area contributed by atoms with Crippen molar-refractivity contribution in [3.8, 4) is 0 Å². The number of ether oxygens (including phenoxy) is 2. The third-order valence-corrected chi connectivity index (χ3v) is 5.27. The van der Waals surface area contributed by atoms with Crippen molar-refractivity contribution in [2.24, 2.45) is 0 Å². The molecule has 2 saturated heterocycles. The Morgan fingerprint density at radius 1 is 1.46 bits per heavy atom. The van der Waals surface area contributed by atoms with Crippen molar-refractivity contribution in [3.05, 3.63) is 30.1 Å². The fourth-order valence-corrected chi connectivity index (χ4v) is 3.65. The Kier molecular flexibility index (Phi) is 5.87. The van der Waals surface area contributed by atoms with E-state index in [0.29, 0.717) is 12.1 Å². The average molecular weight is 333 g/mol. The lowest BCUT2D eigenvalue weighted by Gasteiger charge is -2.33. The summed E-state index contributed by atoms with van der Waals surface area (Å²) in [5, 5.41) is 0. The Labute approximate surface area is 145 Å². The lowest BCUT2D eigenvalue weighted by molar-refractivity contribution is -0.0924. The first-order valence-electron chi connectivity index (χ1n) is 9.13. The summed E-state index contributed by atoms with van der Waals surface area (Å²) in [5.74, 6) is 0. The molecule has 5 heteroatoms. The molecular weight excluding hydrogens is 302 g/mol. The normalized spacial score (nSPS) is 28.8. The van der Waals surface area contributed by atoms with E-state index in [0.717, 1.165) is 52.2 Å². The van der Waals surface area contributed by atoms with Crippen LogP contribution in [0.2, 0.25) is 0 Å². The molecule has 0 unspecified atom stereocenters. The Morgan fingerprint density at radius 2 is 2.33 bits per heavy atom. The van der Waals surface area contributed by atoms with Crippen LogP contribution in [0, 0.1) is 0 Å². The quantitative estimate of drug-likeness (QED) is 0.826. The Bertz CT molecular complexity index is 511. The van der Waals surface area contributed by atoms with Gasteiger partial charge in [0.2, 0.25) is 0 Å². The first kappa shape index (κ1) is 17.8. The molecule has 0 aromatic carbocycles. The van der Waals surface area contributed by atoms with Gasteiger partial charge in [0.15, 0.2) is 0 Å². The molecule has 2 fully saturated rings. The number of pyridine rings is 1. The maximum Gasteiger partial charge on any atom is 0.105 e. The monoisotopic (exact) mass is 333 g/mol. The number of aromatic nitrogens is 1. The summed E-state index contributed by atoms with van der Waals surface area (Å²) >= 11 is 0. The highest BCUT2D eigenvalue weighted by atomic mass is 16.6. The van der Waals surface area contributed by atoms with Gasteiger partial charge < -0.3 is 14.4 Å². The Morgan fingerprint density at radius 3 is 3.08 bits per heavy atom. The van der Waals surface area contributed by atoms with Crippen LogP contribution in [0.4, 0.5) is 0 Å². The molecule has 1 spiro atoms. The van der Waals surface area contributed by atoms with E-state index in [4.69, 9.17) is 9.47 Å². The Hall–Kier alpha value is -1.01. The van der Waals surface area contributed by atoms with E-state index in [9.17, 15) is 0 Å². The van der Waals surface area contributed by atoms with Crippen molar-refractivity contribution in [1.82, 2.24) is 14.8 Å². The molecule has 5 nitrogen and oxygen atoms in total. The van der Waals surface area contributed by atoms with E-state index < -0.39 is 0 Å². The number of rotatable bonds is 5. The number of hydrogen-bond acceptors (Lipinski definition) is 5. The largest absolute Gasteiger partial charge is 0.377 e. The summed E-state index contributed by atoms with van der Waals surface area (Å²) in [6.07, 6.45) is 6.31. The highest BCUT2D eigenvalue weighted by Gasteiger charge is 2.43. The molecule has 24 heavy (non-hydrogen) atoms. The van der Waals surface area contributed by atoms with Gasteiger partial charge in [-0.05, 0) is 45.4 Å². The van der Waals surface area contributed by atoms with Gasteiger partial charge in [0.25, 0.3) is 0 Å². The van der Waals surface area contributed by atoms with Crippen LogP contribution in [0.3, 0.4) is 0 Å². The summed E-state index contributed by atoms with van der Waals surface area (Å²) < 4.78 is 12.4. The maximum absolute atomic E-state index is 6.53. The lowest BCUT2D eigenvalue weighted by Crippen LogP contribution is -2.45. The van der Waals surface area contributed by atoms with Gasteiger partial charge in [-0.15, -0.1) is 0 Å². The molecule has 3 heterocycles. The van der Waals surface area contributed by atoms with Gasteiger partial charge >= 0.3 is 0 Å². The molecule has 2 atom stereocenters. The van der Waals surface area contributed by atoms with Gasteiger partial charge in [0, 0.05) is 44.6 Å². The molecule has 0 bridgehead atoms. The molecule has 0 aliphatic carbocycles. The minimum Gasteiger partial charge on any atom is -0.377 e. The Balaban J connectivity index is 1.60. The molecule has 1 aromatic heterocycles. The van der Waals surface area contributed by atoms with Gasteiger partial charge in [0.1, 0.15) is 5.60 Å². The predicted molar refractivity (Wildman–Crippen MR) is 94.9 cm³/mol. The fourth-order valence-electron chi connectivity index (χ4n) is 3.65. The van der Waals surface area contributed by atoms with Crippen molar-refractivity contribution >= 4 is 0 Å². The van der Waals surface area contributed by atoms with Crippen LogP contribution in [0.25, 0.3) is 0 Å². The van der Waals surface area contributed by atoms with Crippen molar-refractivity contribution in [3.63, 3.8) is 0 Å². The fraction of sp³-hybridized carbons (Fsp3) is 0.737. The second kappa shape index (κ2) is 7.91. The van der Waals surface area contributed by atoms with Crippen molar-refractivity contribution in [2.75, 3.05) is 39.9 Å². The molecule has 0 N–H and O–H groups in total. The van der Waals surface area contributed by atoms with E-state index in [-0.39, 0.29) is 5.60 Å². The zero-order valence-electron chi connectivity index (χ0n) is 15.3. The molecule has 0 saturated carbocycles. The summed E-state index contributed by atoms with van der Waals surface area (Å²) in [6.45, 7) is 9.78. The van der Waals surface area contributed by atoms with Crippen molar-refractivity contribution < 1.29 is 9.47 Å². The lowest BCUT2D eigenvalue weighted by atomic mass is 10.00. The first-order valence-corrected chi connectivity index (χ1v) is 9.13. The van der Waals surface area contributed by atoms with Crippen LogP contribution in [0.1, 0.15) is 32.3 Å². The average Bonchev–Trinajstić information content (AvgIpc) is 2.83. The van der Waals surface area contributed by atoms with Crippen LogP contribution in [-0.4, -0.2) is 72.4 Å². The molecule has 0 amide bonds. The van der Waals surface area contributed by atoms with Crippen molar-refractivity contribution in [1.29, 1.82) is 0 Å². The topological polar surface area (TPSA) is 37.8 Å². The number of likely N-dealkylation sites (N-methyl/N-ethyl adjacent to an activating group) is 1. The van der Waals surface area contributed by atoms with E-state index in [1.807, 2.05) is 18.5 Å². The van der Waals surface area contributed by atoms with E-state index >= 15 is 0 Å². The minimum absolute atomic E-state index is 0.138. The van der Waals surface area contributed by atoms with Gasteiger partial charge in [-0.2, -0.15) is 0 Å². The highest BCUT2D eigenvalue weighted by Crippen LogP contribution is 2.33. The summed E-state index contributed by atoms with van der Waals surface area (Å²) in [6, 6.07) is 4.70. The standard InChI is InChI=1S/C19H31N3O2/c1-16(2)21(3)13-18-6-7-19(24-18)14-22(9-10-23-15-19)12-17-5-4-8-20-11-17/h4-5,8,11,16,18H,6-7,9-10,12-15H2,1-3H3/t18-,19-/m0/s1. The smallest absolute Gasteiger partial charge is 0.105 e. The molecule has 2 aliphatic rings. The number of nitrogens with zero attached hydrogens (tertiary/aromatic N) is 3. The van der Waals surface area contributed by atoms with Crippen LogP contribution < -0.4 is 0 Å². The molecule has 3 rings (SSSR count).